The Bertz CT molecular complexity index is 724. The summed E-state index contributed by atoms with van der Waals surface area (Å²) in [5.74, 6) is -0.0162. The lowest BCUT2D eigenvalue weighted by Gasteiger charge is -2.39. The fourth-order valence-corrected chi connectivity index (χ4v) is 4.30. The van der Waals surface area contributed by atoms with Crippen LogP contribution >= 0.6 is 0 Å². The molecule has 1 atom stereocenters. The second-order valence-electron chi connectivity index (χ2n) is 7.92. The second-order valence-corrected chi connectivity index (χ2v) is 7.92. The van der Waals surface area contributed by atoms with Crippen LogP contribution < -0.4 is 4.90 Å². The Morgan fingerprint density at radius 1 is 0.966 bits per heavy atom. The molecule has 3 heterocycles. The third-order valence-electron chi connectivity index (χ3n) is 6.07. The van der Waals surface area contributed by atoms with Crippen LogP contribution in [0, 0.1) is 5.82 Å². The molecule has 7 nitrogen and oxygen atoms in total. The van der Waals surface area contributed by atoms with Crippen molar-refractivity contribution in [3.63, 3.8) is 0 Å². The number of para-hydroxylation sites is 1. The first-order chi connectivity index (χ1) is 14.1. The fraction of sp³-hybridized carbons (Fsp3) is 0.619. The van der Waals surface area contributed by atoms with Gasteiger partial charge in [-0.3, -0.25) is 14.5 Å². The lowest BCUT2D eigenvalue weighted by molar-refractivity contribution is -0.143. The fourth-order valence-electron chi connectivity index (χ4n) is 4.30. The highest BCUT2D eigenvalue weighted by atomic mass is 19.1. The number of benzene rings is 1. The van der Waals surface area contributed by atoms with E-state index in [-0.39, 0.29) is 23.7 Å². The van der Waals surface area contributed by atoms with Gasteiger partial charge in [-0.15, -0.1) is 0 Å². The molecule has 8 heteroatoms. The molecule has 3 saturated heterocycles. The average molecular weight is 404 g/mol. The first-order valence-electron chi connectivity index (χ1n) is 10.5. The quantitative estimate of drug-likeness (QED) is 0.743. The lowest BCUT2D eigenvalue weighted by Crippen LogP contribution is -2.55. The van der Waals surface area contributed by atoms with Gasteiger partial charge in [-0.05, 0) is 25.0 Å². The third-order valence-corrected chi connectivity index (χ3v) is 6.07. The Hall–Kier alpha value is -2.19. The summed E-state index contributed by atoms with van der Waals surface area (Å²) in [5.41, 5.74) is 0.603. The molecule has 1 aromatic carbocycles. The number of rotatable bonds is 4. The van der Waals surface area contributed by atoms with Crippen LogP contribution in [0.4, 0.5) is 10.1 Å². The molecule has 3 fully saturated rings. The van der Waals surface area contributed by atoms with Gasteiger partial charge in [0.2, 0.25) is 5.91 Å². The Morgan fingerprint density at radius 3 is 2.31 bits per heavy atom. The summed E-state index contributed by atoms with van der Waals surface area (Å²) in [6.45, 7) is 6.23. The highest BCUT2D eigenvalue weighted by Gasteiger charge is 2.31. The van der Waals surface area contributed by atoms with E-state index in [1.165, 1.54) is 6.07 Å². The van der Waals surface area contributed by atoms with E-state index in [0.717, 1.165) is 12.8 Å². The molecule has 0 aromatic heterocycles. The Labute approximate surface area is 171 Å². The number of halogens is 1. The smallest absolute Gasteiger partial charge is 0.251 e. The van der Waals surface area contributed by atoms with E-state index in [1.54, 1.807) is 12.1 Å². The van der Waals surface area contributed by atoms with Gasteiger partial charge >= 0.3 is 0 Å². The van der Waals surface area contributed by atoms with Gasteiger partial charge in [-0.25, -0.2) is 4.39 Å². The third kappa shape index (κ3) is 4.70. The molecule has 2 amide bonds. The lowest BCUT2D eigenvalue weighted by atomic mass is 10.2. The Kier molecular flexibility index (Phi) is 6.30. The predicted octanol–water partition coefficient (Wildman–Crippen LogP) is 0.798. The molecule has 0 bridgehead atoms. The van der Waals surface area contributed by atoms with E-state index in [1.807, 2.05) is 20.8 Å². The van der Waals surface area contributed by atoms with Crippen LogP contribution in [-0.2, 0) is 14.3 Å². The summed E-state index contributed by atoms with van der Waals surface area (Å²) in [6, 6.07) is 6.77. The van der Waals surface area contributed by atoms with Crippen molar-refractivity contribution in [1.29, 1.82) is 0 Å². The van der Waals surface area contributed by atoms with Crippen molar-refractivity contribution in [2.45, 2.75) is 18.9 Å². The molecule has 29 heavy (non-hydrogen) atoms. The Morgan fingerprint density at radius 2 is 1.66 bits per heavy atom. The second kappa shape index (κ2) is 9.09. The normalized spacial score (nSPS) is 23.5. The molecule has 0 saturated carbocycles. The minimum atomic E-state index is -0.270. The van der Waals surface area contributed by atoms with E-state index >= 15 is 0 Å². The topological polar surface area (TPSA) is 56.3 Å². The number of amides is 2. The van der Waals surface area contributed by atoms with Gasteiger partial charge in [0.25, 0.3) is 5.91 Å². The van der Waals surface area contributed by atoms with Crippen LogP contribution in [0.5, 0.6) is 0 Å². The van der Waals surface area contributed by atoms with Crippen molar-refractivity contribution in [2.75, 3.05) is 70.4 Å². The first-order valence-corrected chi connectivity index (χ1v) is 10.5. The zero-order chi connectivity index (χ0) is 20.2. The highest BCUT2D eigenvalue weighted by molar-refractivity contribution is 5.81. The molecule has 0 spiro atoms. The molecule has 3 aliphatic heterocycles. The standard InChI is InChI=1S/C21H29FN4O3/c22-17-4-1-2-5-18(17)24-11-13-25(14-12-24)20(27)16-23-7-9-26(10-8-23)21(28)19-6-3-15-29-19/h1-2,4-5,19H,3,6-16H2. The van der Waals surface area contributed by atoms with E-state index in [9.17, 15) is 14.0 Å². The molecular formula is C21H29FN4O3. The van der Waals surface area contributed by atoms with Crippen LogP contribution in [0.15, 0.2) is 24.3 Å². The van der Waals surface area contributed by atoms with E-state index in [2.05, 4.69) is 4.90 Å². The molecule has 4 rings (SSSR count). The zero-order valence-electron chi connectivity index (χ0n) is 16.8. The van der Waals surface area contributed by atoms with Gasteiger partial charge in [0, 0.05) is 59.0 Å². The summed E-state index contributed by atoms with van der Waals surface area (Å²) in [4.78, 5) is 33.0. The molecule has 0 radical (unpaired) electrons. The number of piperazine rings is 2. The summed E-state index contributed by atoms with van der Waals surface area (Å²) >= 11 is 0. The Balaban J connectivity index is 1.21. The molecular weight excluding hydrogens is 375 g/mol. The molecule has 0 aliphatic carbocycles. The van der Waals surface area contributed by atoms with E-state index in [0.29, 0.717) is 71.2 Å². The van der Waals surface area contributed by atoms with Gasteiger partial charge in [-0.1, -0.05) is 12.1 Å². The predicted molar refractivity (Wildman–Crippen MR) is 107 cm³/mol. The monoisotopic (exact) mass is 404 g/mol. The molecule has 3 aliphatic rings. The number of ether oxygens (including phenoxy) is 1. The summed E-state index contributed by atoms with van der Waals surface area (Å²) < 4.78 is 19.5. The highest BCUT2D eigenvalue weighted by Crippen LogP contribution is 2.20. The van der Waals surface area contributed by atoms with Crippen LogP contribution in [0.25, 0.3) is 0 Å². The van der Waals surface area contributed by atoms with E-state index < -0.39 is 0 Å². The molecule has 1 unspecified atom stereocenters. The summed E-state index contributed by atoms with van der Waals surface area (Å²) in [5, 5.41) is 0. The molecule has 158 valence electrons. The van der Waals surface area contributed by atoms with E-state index in [4.69, 9.17) is 4.74 Å². The van der Waals surface area contributed by atoms with Crippen molar-refractivity contribution >= 4 is 17.5 Å². The van der Waals surface area contributed by atoms with Crippen LogP contribution in [0.3, 0.4) is 0 Å². The van der Waals surface area contributed by atoms with Crippen molar-refractivity contribution in [2.24, 2.45) is 0 Å². The van der Waals surface area contributed by atoms with Gasteiger partial charge in [0.15, 0.2) is 0 Å². The number of hydrogen-bond acceptors (Lipinski definition) is 5. The molecule has 1 aromatic rings. The summed E-state index contributed by atoms with van der Waals surface area (Å²) in [7, 11) is 0. The van der Waals surface area contributed by atoms with Gasteiger partial charge in [0.05, 0.1) is 12.2 Å². The summed E-state index contributed by atoms with van der Waals surface area (Å²) in [6.07, 6.45) is 1.50. The number of carbonyl (C=O) groups is 2. The SMILES string of the molecule is O=C(CN1CCN(C(=O)C2CCCO2)CC1)N1CCN(c2ccccc2F)CC1. The van der Waals surface area contributed by atoms with Crippen LogP contribution in [0.2, 0.25) is 0 Å². The van der Waals surface area contributed by atoms with Gasteiger partial charge < -0.3 is 19.4 Å². The zero-order valence-corrected chi connectivity index (χ0v) is 16.8. The van der Waals surface area contributed by atoms with Crippen LogP contribution in [0.1, 0.15) is 12.8 Å². The van der Waals surface area contributed by atoms with Crippen molar-refractivity contribution in [1.82, 2.24) is 14.7 Å². The maximum Gasteiger partial charge on any atom is 0.251 e. The number of hydrogen-bond donors (Lipinski definition) is 0. The first kappa shape index (κ1) is 20.1. The van der Waals surface area contributed by atoms with Gasteiger partial charge in [-0.2, -0.15) is 0 Å². The van der Waals surface area contributed by atoms with Crippen molar-refractivity contribution < 1.29 is 18.7 Å². The van der Waals surface area contributed by atoms with Crippen molar-refractivity contribution in [3.8, 4) is 0 Å². The number of carbonyl (C=O) groups excluding carboxylic acids is 2. The maximum absolute atomic E-state index is 14.0. The van der Waals surface area contributed by atoms with Crippen molar-refractivity contribution in [3.05, 3.63) is 30.1 Å². The minimum Gasteiger partial charge on any atom is -0.368 e. The van der Waals surface area contributed by atoms with Crippen LogP contribution in [-0.4, -0.2) is 98.1 Å². The average Bonchev–Trinajstić information content (AvgIpc) is 3.29. The number of anilines is 1. The largest absolute Gasteiger partial charge is 0.368 e. The maximum atomic E-state index is 14.0. The molecule has 0 N–H and O–H groups in total. The minimum absolute atomic E-state index is 0.0951. The van der Waals surface area contributed by atoms with Gasteiger partial charge in [0.1, 0.15) is 11.9 Å². The number of nitrogens with zero attached hydrogens (tertiary/aromatic N) is 4.